The summed E-state index contributed by atoms with van der Waals surface area (Å²) in [6.45, 7) is 5.43. The van der Waals surface area contributed by atoms with Gasteiger partial charge in [0, 0.05) is 5.39 Å². The van der Waals surface area contributed by atoms with E-state index in [9.17, 15) is 4.79 Å². The average molecular weight is 492 g/mol. The minimum absolute atomic E-state index is 0.633. The van der Waals surface area contributed by atoms with Crippen LogP contribution in [0.3, 0.4) is 0 Å². The fourth-order valence-electron chi connectivity index (χ4n) is 2.48. The molecule has 1 aromatic carbocycles. The molecule has 0 saturated carbocycles. The summed E-state index contributed by atoms with van der Waals surface area (Å²) in [4.78, 5) is 12.0. The van der Waals surface area contributed by atoms with Gasteiger partial charge in [-0.1, -0.05) is 13.8 Å². The summed E-state index contributed by atoms with van der Waals surface area (Å²) >= 11 is 10.3. The highest BCUT2D eigenvalue weighted by Gasteiger charge is 2.24. The van der Waals surface area contributed by atoms with Gasteiger partial charge in [0.25, 0.3) is 0 Å². The van der Waals surface area contributed by atoms with Gasteiger partial charge < -0.3 is 9.47 Å². The van der Waals surface area contributed by atoms with Crippen molar-refractivity contribution < 1.29 is 14.3 Å². The number of aldehydes is 1. The molecule has 128 valence electrons. The van der Waals surface area contributed by atoms with Crippen molar-refractivity contribution in [2.24, 2.45) is 0 Å². The Bertz CT molecular complexity index is 899. The fourth-order valence-corrected chi connectivity index (χ4v) is 5.82. The van der Waals surface area contributed by atoms with Crippen molar-refractivity contribution in [3.05, 3.63) is 19.2 Å². The Morgan fingerprint density at radius 1 is 1.04 bits per heavy atom. The number of fused-ring (bicyclic) bond motifs is 2. The van der Waals surface area contributed by atoms with Crippen molar-refractivity contribution in [2.45, 2.75) is 26.7 Å². The van der Waals surface area contributed by atoms with E-state index >= 15 is 0 Å². The highest BCUT2D eigenvalue weighted by molar-refractivity contribution is 9.13. The molecule has 0 radical (unpaired) electrons. The van der Waals surface area contributed by atoms with Crippen LogP contribution in [0.15, 0.2) is 14.3 Å². The SMILES string of the molecule is CCCOc1c2cc(C=O)sc2c(OCCC)c2c(Br)c(Br)sc12. The van der Waals surface area contributed by atoms with Crippen LogP contribution in [0.5, 0.6) is 11.5 Å². The van der Waals surface area contributed by atoms with Gasteiger partial charge >= 0.3 is 0 Å². The number of carbonyl (C=O) groups is 1. The molecule has 0 aliphatic rings. The number of carbonyl (C=O) groups excluding carboxylic acids is 1. The number of thiophene rings is 2. The van der Waals surface area contributed by atoms with Crippen molar-refractivity contribution in [3.8, 4) is 11.5 Å². The summed E-state index contributed by atoms with van der Waals surface area (Å²) in [5, 5.41) is 1.97. The van der Waals surface area contributed by atoms with Gasteiger partial charge in [-0.15, -0.1) is 22.7 Å². The van der Waals surface area contributed by atoms with Crippen molar-refractivity contribution in [2.75, 3.05) is 13.2 Å². The molecular formula is C17H16Br2O3S2. The molecule has 0 fully saturated rings. The van der Waals surface area contributed by atoms with E-state index in [1.807, 2.05) is 6.07 Å². The molecule has 7 heteroatoms. The van der Waals surface area contributed by atoms with Crippen molar-refractivity contribution in [3.63, 3.8) is 0 Å². The zero-order valence-electron chi connectivity index (χ0n) is 13.3. The highest BCUT2D eigenvalue weighted by atomic mass is 79.9. The molecule has 2 aromatic heterocycles. The average Bonchev–Trinajstić information content (AvgIpc) is 3.13. The topological polar surface area (TPSA) is 35.5 Å². The van der Waals surface area contributed by atoms with Crippen LogP contribution >= 0.6 is 54.5 Å². The maximum absolute atomic E-state index is 11.3. The molecule has 0 aliphatic heterocycles. The van der Waals surface area contributed by atoms with Gasteiger partial charge in [0.15, 0.2) is 6.29 Å². The van der Waals surface area contributed by atoms with E-state index in [0.717, 1.165) is 59.1 Å². The molecule has 0 unspecified atom stereocenters. The van der Waals surface area contributed by atoms with E-state index in [4.69, 9.17) is 9.47 Å². The molecule has 0 bridgehead atoms. The molecule has 0 spiro atoms. The minimum atomic E-state index is 0.633. The standard InChI is InChI=1S/C17H16Br2O3S2/c1-3-5-21-13-10-7-9(8-20)23-15(10)14(22-6-4-2)11-12(18)17(19)24-16(11)13/h7-8H,3-6H2,1-2H3. The van der Waals surface area contributed by atoms with Crippen molar-refractivity contribution >= 4 is 81.0 Å². The second-order valence-electron chi connectivity index (χ2n) is 5.26. The molecule has 0 aliphatic carbocycles. The van der Waals surface area contributed by atoms with Crippen molar-refractivity contribution in [1.29, 1.82) is 0 Å². The summed E-state index contributed by atoms with van der Waals surface area (Å²) < 4.78 is 16.1. The van der Waals surface area contributed by atoms with Gasteiger partial charge in [-0.2, -0.15) is 0 Å². The van der Waals surface area contributed by atoms with Gasteiger partial charge in [-0.25, -0.2) is 0 Å². The Kier molecular flexibility index (Phi) is 5.85. The van der Waals surface area contributed by atoms with Crippen LogP contribution in [0.4, 0.5) is 0 Å². The van der Waals surface area contributed by atoms with Crippen LogP contribution in [0.2, 0.25) is 0 Å². The predicted molar refractivity (Wildman–Crippen MR) is 110 cm³/mol. The molecule has 2 heterocycles. The van der Waals surface area contributed by atoms with E-state index in [-0.39, 0.29) is 0 Å². The Morgan fingerprint density at radius 2 is 1.71 bits per heavy atom. The van der Waals surface area contributed by atoms with E-state index in [1.165, 1.54) is 11.3 Å². The molecule has 3 aromatic rings. The first-order valence-corrected chi connectivity index (χ1v) is 10.9. The van der Waals surface area contributed by atoms with E-state index < -0.39 is 0 Å². The first kappa shape index (κ1) is 18.2. The third kappa shape index (κ3) is 3.11. The van der Waals surface area contributed by atoms with Crippen LogP contribution < -0.4 is 9.47 Å². The quantitative estimate of drug-likeness (QED) is 0.332. The van der Waals surface area contributed by atoms with Crippen LogP contribution in [0.1, 0.15) is 36.4 Å². The molecule has 3 rings (SSSR count). The maximum Gasteiger partial charge on any atom is 0.160 e. The van der Waals surface area contributed by atoms with E-state index in [0.29, 0.717) is 18.1 Å². The van der Waals surface area contributed by atoms with E-state index in [2.05, 4.69) is 45.7 Å². The lowest BCUT2D eigenvalue weighted by Crippen LogP contribution is -1.99. The molecular weight excluding hydrogens is 476 g/mol. The van der Waals surface area contributed by atoms with Crippen LogP contribution in [-0.2, 0) is 0 Å². The Labute approximate surface area is 165 Å². The van der Waals surface area contributed by atoms with Crippen LogP contribution in [0, 0.1) is 0 Å². The zero-order chi connectivity index (χ0) is 17.3. The zero-order valence-corrected chi connectivity index (χ0v) is 18.1. The lowest BCUT2D eigenvalue weighted by Gasteiger charge is -2.13. The maximum atomic E-state index is 11.3. The number of halogens is 2. The largest absolute Gasteiger partial charge is 0.491 e. The van der Waals surface area contributed by atoms with Gasteiger partial charge in [-0.3, -0.25) is 4.79 Å². The predicted octanol–water partition coefficient (Wildman–Crippen LogP) is 7.03. The smallest absolute Gasteiger partial charge is 0.160 e. The Morgan fingerprint density at radius 3 is 2.33 bits per heavy atom. The first-order valence-electron chi connectivity index (χ1n) is 7.70. The molecule has 0 amide bonds. The lowest BCUT2D eigenvalue weighted by atomic mass is 10.1. The number of hydrogen-bond acceptors (Lipinski definition) is 5. The highest BCUT2D eigenvalue weighted by Crippen LogP contribution is 2.53. The second kappa shape index (κ2) is 7.72. The monoisotopic (exact) mass is 490 g/mol. The number of benzene rings is 1. The van der Waals surface area contributed by atoms with Crippen LogP contribution in [-0.4, -0.2) is 19.5 Å². The van der Waals surface area contributed by atoms with Crippen molar-refractivity contribution in [1.82, 2.24) is 0 Å². The Balaban J connectivity index is 2.39. The number of rotatable bonds is 7. The third-order valence-corrected chi connectivity index (χ3v) is 7.97. The summed E-state index contributed by atoms with van der Waals surface area (Å²) in [6, 6.07) is 1.90. The molecule has 3 nitrogen and oxygen atoms in total. The molecule has 24 heavy (non-hydrogen) atoms. The van der Waals surface area contributed by atoms with Gasteiger partial charge in [-0.05, 0) is 50.8 Å². The minimum Gasteiger partial charge on any atom is -0.491 e. The van der Waals surface area contributed by atoms with Gasteiger partial charge in [0.2, 0.25) is 0 Å². The second-order valence-corrected chi connectivity index (χ2v) is 9.47. The fraction of sp³-hybridized carbons (Fsp3) is 0.353. The number of ether oxygens (including phenoxy) is 2. The molecule has 0 atom stereocenters. The summed E-state index contributed by atoms with van der Waals surface area (Å²) in [5.41, 5.74) is 0. The number of hydrogen-bond donors (Lipinski definition) is 0. The normalized spacial score (nSPS) is 11.3. The Hall–Kier alpha value is -0.630. The van der Waals surface area contributed by atoms with Gasteiger partial charge in [0.1, 0.15) is 11.5 Å². The third-order valence-electron chi connectivity index (χ3n) is 3.46. The van der Waals surface area contributed by atoms with Crippen LogP contribution in [0.25, 0.3) is 20.2 Å². The summed E-state index contributed by atoms with van der Waals surface area (Å²) in [6.07, 6.45) is 2.73. The van der Waals surface area contributed by atoms with Gasteiger partial charge in [0.05, 0.1) is 41.1 Å². The summed E-state index contributed by atoms with van der Waals surface area (Å²) in [5.74, 6) is 1.67. The molecule has 0 N–H and O–H groups in total. The van der Waals surface area contributed by atoms with E-state index in [1.54, 1.807) is 11.3 Å². The molecule has 0 saturated heterocycles. The lowest BCUT2D eigenvalue weighted by molar-refractivity contribution is 0.112. The first-order chi connectivity index (χ1) is 11.6. The summed E-state index contributed by atoms with van der Waals surface area (Å²) in [7, 11) is 0.